The topological polar surface area (TPSA) is 24.4 Å². The van der Waals surface area contributed by atoms with Crippen molar-refractivity contribution in [1.29, 1.82) is 0 Å². The third kappa shape index (κ3) is 4.98. The molecule has 2 atom stereocenters. The van der Waals surface area contributed by atoms with Crippen LogP contribution in [0.15, 0.2) is 4.99 Å². The van der Waals surface area contributed by atoms with E-state index in [0.29, 0.717) is 5.54 Å². The van der Waals surface area contributed by atoms with Gasteiger partial charge in [0.15, 0.2) is 5.17 Å². The lowest BCUT2D eigenvalue weighted by molar-refractivity contribution is 0.242. The molecule has 0 bridgehead atoms. The molecule has 1 aliphatic heterocycles. The van der Waals surface area contributed by atoms with E-state index >= 15 is 0 Å². The number of aliphatic imine (C=N–C) groups is 1. The predicted molar refractivity (Wildman–Crippen MR) is 91.6 cm³/mol. The Morgan fingerprint density at radius 2 is 2.05 bits per heavy atom. The highest BCUT2D eigenvalue weighted by molar-refractivity contribution is 8.14. The minimum Gasteiger partial charge on any atom is -0.359 e. The minimum atomic E-state index is 0.391. The van der Waals surface area contributed by atoms with Crippen molar-refractivity contribution in [3.8, 4) is 0 Å². The van der Waals surface area contributed by atoms with Gasteiger partial charge in [-0.25, -0.2) is 0 Å². The zero-order valence-corrected chi connectivity index (χ0v) is 14.2. The maximum Gasteiger partial charge on any atom is 0.157 e. The molecule has 1 heterocycles. The van der Waals surface area contributed by atoms with Crippen LogP contribution in [0.5, 0.6) is 0 Å². The summed E-state index contributed by atoms with van der Waals surface area (Å²) in [6.07, 6.45) is 13.6. The average molecular weight is 297 g/mol. The molecule has 1 saturated heterocycles. The number of thioether (sulfide) groups is 1. The smallest absolute Gasteiger partial charge is 0.157 e. The molecule has 20 heavy (non-hydrogen) atoms. The molecule has 2 unspecified atom stereocenters. The Hall–Kier alpha value is -0.180. The summed E-state index contributed by atoms with van der Waals surface area (Å²) in [6.45, 7) is 5.70. The molecule has 0 aromatic heterocycles. The second-order valence-electron chi connectivity index (χ2n) is 6.85. The Kier molecular flexibility index (Phi) is 6.73. The van der Waals surface area contributed by atoms with Crippen molar-refractivity contribution in [2.45, 2.75) is 83.6 Å². The molecule has 1 aliphatic carbocycles. The number of unbranched alkanes of at least 4 members (excludes halogenated alkanes) is 5. The summed E-state index contributed by atoms with van der Waals surface area (Å²) in [5.74, 6) is 2.13. The van der Waals surface area contributed by atoms with Crippen LogP contribution in [0.25, 0.3) is 0 Å². The normalized spacial score (nSPS) is 31.9. The molecule has 2 nitrogen and oxygen atoms in total. The quantitative estimate of drug-likeness (QED) is 0.669. The van der Waals surface area contributed by atoms with E-state index in [0.717, 1.165) is 12.5 Å². The van der Waals surface area contributed by atoms with Crippen LogP contribution < -0.4 is 5.32 Å². The molecule has 0 aromatic carbocycles. The van der Waals surface area contributed by atoms with Gasteiger partial charge in [-0.1, -0.05) is 70.6 Å². The van der Waals surface area contributed by atoms with E-state index in [1.807, 2.05) is 11.8 Å². The highest BCUT2D eigenvalue weighted by Crippen LogP contribution is 2.38. The maximum atomic E-state index is 4.78. The molecule has 1 N–H and O–H groups in total. The predicted octanol–water partition coefficient (Wildman–Crippen LogP) is 4.99. The highest BCUT2D eigenvalue weighted by atomic mass is 32.2. The van der Waals surface area contributed by atoms with Crippen LogP contribution in [0.4, 0.5) is 0 Å². The van der Waals surface area contributed by atoms with Crippen LogP contribution >= 0.6 is 11.8 Å². The summed E-state index contributed by atoms with van der Waals surface area (Å²) in [6, 6.07) is 0. The highest BCUT2D eigenvalue weighted by Gasteiger charge is 2.40. The fraction of sp³-hybridized carbons (Fsp3) is 0.941. The Labute approximate surface area is 129 Å². The maximum absolute atomic E-state index is 4.78. The van der Waals surface area contributed by atoms with Gasteiger partial charge in [0.05, 0.1) is 0 Å². The number of rotatable bonds is 7. The molecule has 1 spiro atoms. The summed E-state index contributed by atoms with van der Waals surface area (Å²) < 4.78 is 0. The van der Waals surface area contributed by atoms with Gasteiger partial charge in [-0.15, -0.1) is 0 Å². The molecule has 2 fully saturated rings. The van der Waals surface area contributed by atoms with Crippen molar-refractivity contribution < 1.29 is 0 Å². The minimum absolute atomic E-state index is 0.391. The lowest BCUT2D eigenvalue weighted by Crippen LogP contribution is -2.47. The Morgan fingerprint density at radius 3 is 2.85 bits per heavy atom. The number of nitrogens with one attached hydrogen (secondary N) is 1. The van der Waals surface area contributed by atoms with Gasteiger partial charge in [0.25, 0.3) is 0 Å². The summed E-state index contributed by atoms with van der Waals surface area (Å²) in [5, 5.41) is 4.99. The second-order valence-corrected chi connectivity index (χ2v) is 7.81. The van der Waals surface area contributed by atoms with Gasteiger partial charge < -0.3 is 5.32 Å². The lowest BCUT2D eigenvalue weighted by atomic mass is 9.78. The first kappa shape index (κ1) is 16.2. The van der Waals surface area contributed by atoms with Crippen LogP contribution in [0.3, 0.4) is 0 Å². The molecule has 3 heteroatoms. The Morgan fingerprint density at radius 1 is 1.25 bits per heavy atom. The van der Waals surface area contributed by atoms with Crippen LogP contribution in [0, 0.1) is 5.92 Å². The largest absolute Gasteiger partial charge is 0.359 e. The van der Waals surface area contributed by atoms with Crippen molar-refractivity contribution in [3.05, 3.63) is 0 Å². The van der Waals surface area contributed by atoms with Crippen LogP contribution in [0.2, 0.25) is 0 Å². The fourth-order valence-electron chi connectivity index (χ4n) is 3.57. The Bertz CT molecular complexity index is 316. The lowest BCUT2D eigenvalue weighted by Gasteiger charge is -2.36. The molecular weight excluding hydrogens is 264 g/mol. The molecule has 0 radical (unpaired) electrons. The van der Waals surface area contributed by atoms with E-state index in [9.17, 15) is 0 Å². The van der Waals surface area contributed by atoms with Crippen molar-refractivity contribution in [3.63, 3.8) is 0 Å². The number of hydrogen-bond donors (Lipinski definition) is 1. The summed E-state index contributed by atoms with van der Waals surface area (Å²) in [7, 11) is 0. The number of hydrogen-bond acceptors (Lipinski definition) is 2. The fourth-order valence-corrected chi connectivity index (χ4v) is 4.79. The molecule has 2 aliphatic rings. The van der Waals surface area contributed by atoms with Gasteiger partial charge >= 0.3 is 0 Å². The second kappa shape index (κ2) is 8.31. The molecule has 2 rings (SSSR count). The number of amidine groups is 1. The molecule has 0 aromatic rings. The molecule has 0 amide bonds. The summed E-state index contributed by atoms with van der Waals surface area (Å²) in [5.41, 5.74) is 0.391. The van der Waals surface area contributed by atoms with Crippen molar-refractivity contribution in [1.82, 2.24) is 5.32 Å². The van der Waals surface area contributed by atoms with E-state index < -0.39 is 0 Å². The monoisotopic (exact) mass is 296 g/mol. The van der Waals surface area contributed by atoms with E-state index in [2.05, 4.69) is 19.2 Å². The van der Waals surface area contributed by atoms with Crippen LogP contribution in [-0.2, 0) is 0 Å². The summed E-state index contributed by atoms with van der Waals surface area (Å²) in [4.78, 5) is 4.78. The average Bonchev–Trinajstić information content (AvgIpc) is 2.80. The van der Waals surface area contributed by atoms with Gasteiger partial charge in [-0.2, -0.15) is 0 Å². The SMILES string of the molecule is CCCCCCCCN=C1NC2(CCCC(C)C2)CS1. The zero-order chi connectivity index (χ0) is 14.3. The summed E-state index contributed by atoms with van der Waals surface area (Å²) >= 11 is 1.96. The van der Waals surface area contributed by atoms with Crippen molar-refractivity contribution in [2.24, 2.45) is 10.9 Å². The van der Waals surface area contributed by atoms with Crippen LogP contribution in [0.1, 0.15) is 78.1 Å². The first-order chi connectivity index (χ1) is 9.74. The van der Waals surface area contributed by atoms with E-state index in [-0.39, 0.29) is 0 Å². The number of nitrogens with zero attached hydrogens (tertiary/aromatic N) is 1. The zero-order valence-electron chi connectivity index (χ0n) is 13.4. The van der Waals surface area contributed by atoms with Crippen LogP contribution in [-0.4, -0.2) is 23.0 Å². The first-order valence-electron chi connectivity index (χ1n) is 8.69. The Balaban J connectivity index is 1.63. The third-order valence-electron chi connectivity index (χ3n) is 4.72. The van der Waals surface area contributed by atoms with E-state index in [4.69, 9.17) is 4.99 Å². The van der Waals surface area contributed by atoms with E-state index in [1.165, 1.54) is 75.1 Å². The molecule has 116 valence electrons. The van der Waals surface area contributed by atoms with Gasteiger partial charge in [-0.3, -0.25) is 4.99 Å². The van der Waals surface area contributed by atoms with Crippen molar-refractivity contribution in [2.75, 3.05) is 12.3 Å². The van der Waals surface area contributed by atoms with Gasteiger partial charge in [0.1, 0.15) is 0 Å². The van der Waals surface area contributed by atoms with Gasteiger partial charge in [0.2, 0.25) is 0 Å². The molecular formula is C17H32N2S. The van der Waals surface area contributed by atoms with Gasteiger partial charge in [0, 0.05) is 17.8 Å². The molecule has 1 saturated carbocycles. The van der Waals surface area contributed by atoms with Gasteiger partial charge in [-0.05, 0) is 25.2 Å². The standard InChI is InChI=1S/C17H32N2S/c1-3-4-5-6-7-8-12-18-16-19-17(14-20-16)11-9-10-15(2)13-17/h15H,3-14H2,1-2H3,(H,18,19). The third-order valence-corrected chi connectivity index (χ3v) is 5.92. The first-order valence-corrected chi connectivity index (χ1v) is 9.68. The van der Waals surface area contributed by atoms with Crippen molar-refractivity contribution >= 4 is 16.9 Å². The van der Waals surface area contributed by atoms with E-state index in [1.54, 1.807) is 0 Å².